The molecule has 0 amide bonds. The molecule has 3 rings (SSSR count). The zero-order chi connectivity index (χ0) is 8.78. The van der Waals surface area contributed by atoms with Gasteiger partial charge in [0.05, 0.1) is 25.4 Å². The topological polar surface area (TPSA) is 36.9 Å². The normalized spacial score (nSPS) is 35.1. The Kier molecular flexibility index (Phi) is 1.68. The van der Waals surface area contributed by atoms with Gasteiger partial charge >= 0.3 is 6.16 Å². The second-order valence-electron chi connectivity index (χ2n) is 3.93. The second kappa shape index (κ2) is 2.67. The van der Waals surface area contributed by atoms with Gasteiger partial charge in [0, 0.05) is 6.42 Å². The summed E-state index contributed by atoms with van der Waals surface area (Å²) in [6, 6.07) is 0. The Morgan fingerprint density at radius 3 is 2.15 bits per heavy atom. The standard InChI is InChI=1S/C9H14O4/c1-5-10-9(11-6-1)12-7-4-8(13-9)2-3-8/h1-7H2. The molecule has 0 unspecified atom stereocenters. The van der Waals surface area contributed by atoms with Gasteiger partial charge in [-0.2, -0.15) is 0 Å². The summed E-state index contributed by atoms with van der Waals surface area (Å²) in [5.74, 6) is 0. The molecule has 74 valence electrons. The van der Waals surface area contributed by atoms with Crippen molar-refractivity contribution in [2.75, 3.05) is 19.8 Å². The molecule has 0 aromatic heterocycles. The van der Waals surface area contributed by atoms with Crippen LogP contribution in [0.15, 0.2) is 0 Å². The molecule has 1 saturated carbocycles. The van der Waals surface area contributed by atoms with Gasteiger partial charge < -0.3 is 14.2 Å². The third-order valence-electron chi connectivity index (χ3n) is 2.83. The van der Waals surface area contributed by atoms with Crippen LogP contribution in [-0.4, -0.2) is 31.6 Å². The van der Waals surface area contributed by atoms with E-state index in [1.54, 1.807) is 0 Å². The fourth-order valence-electron chi connectivity index (χ4n) is 1.84. The van der Waals surface area contributed by atoms with Gasteiger partial charge in [0.2, 0.25) is 0 Å². The van der Waals surface area contributed by atoms with E-state index in [1.807, 2.05) is 0 Å². The van der Waals surface area contributed by atoms with Crippen molar-refractivity contribution in [2.24, 2.45) is 0 Å². The average Bonchev–Trinajstić information content (AvgIpc) is 2.86. The Bertz CT molecular complexity index is 200. The van der Waals surface area contributed by atoms with Crippen LogP contribution in [0.5, 0.6) is 0 Å². The molecule has 2 spiro atoms. The van der Waals surface area contributed by atoms with Gasteiger partial charge in [-0.05, 0) is 19.3 Å². The summed E-state index contributed by atoms with van der Waals surface area (Å²) in [5, 5.41) is 0. The highest BCUT2D eigenvalue weighted by molar-refractivity contribution is 4.97. The van der Waals surface area contributed by atoms with Crippen LogP contribution < -0.4 is 0 Å². The van der Waals surface area contributed by atoms with Gasteiger partial charge in [-0.1, -0.05) is 0 Å². The molecule has 3 fully saturated rings. The van der Waals surface area contributed by atoms with Gasteiger partial charge in [-0.3, -0.25) is 4.74 Å². The fourth-order valence-corrected chi connectivity index (χ4v) is 1.84. The molecule has 0 radical (unpaired) electrons. The van der Waals surface area contributed by atoms with E-state index in [2.05, 4.69) is 0 Å². The van der Waals surface area contributed by atoms with Gasteiger partial charge in [0.25, 0.3) is 0 Å². The lowest BCUT2D eigenvalue weighted by atomic mass is 10.2. The molecular formula is C9H14O4. The maximum atomic E-state index is 5.75. The van der Waals surface area contributed by atoms with Gasteiger partial charge in [-0.25, -0.2) is 0 Å². The summed E-state index contributed by atoms with van der Waals surface area (Å²) < 4.78 is 22.0. The molecule has 0 N–H and O–H groups in total. The Hall–Kier alpha value is -0.160. The smallest absolute Gasteiger partial charge is 0.303 e. The molecular weight excluding hydrogens is 172 g/mol. The second-order valence-corrected chi connectivity index (χ2v) is 3.93. The molecule has 0 aromatic carbocycles. The van der Waals surface area contributed by atoms with E-state index >= 15 is 0 Å². The summed E-state index contributed by atoms with van der Waals surface area (Å²) >= 11 is 0. The highest BCUT2D eigenvalue weighted by Crippen LogP contribution is 2.49. The maximum absolute atomic E-state index is 5.75. The van der Waals surface area contributed by atoms with E-state index in [0.717, 1.165) is 25.7 Å². The van der Waals surface area contributed by atoms with E-state index in [1.165, 1.54) is 0 Å². The number of rotatable bonds is 0. The molecule has 2 aliphatic heterocycles. The summed E-state index contributed by atoms with van der Waals surface area (Å²) in [6.45, 7) is 2.01. The van der Waals surface area contributed by atoms with Gasteiger partial charge in [-0.15, -0.1) is 0 Å². The van der Waals surface area contributed by atoms with E-state index < -0.39 is 6.16 Å². The highest BCUT2D eigenvalue weighted by Gasteiger charge is 2.56. The lowest BCUT2D eigenvalue weighted by Gasteiger charge is -2.41. The lowest BCUT2D eigenvalue weighted by molar-refractivity contribution is -0.539. The van der Waals surface area contributed by atoms with Crippen LogP contribution in [0.1, 0.15) is 25.7 Å². The third kappa shape index (κ3) is 1.38. The van der Waals surface area contributed by atoms with Crippen molar-refractivity contribution in [3.05, 3.63) is 0 Å². The quantitative estimate of drug-likeness (QED) is 0.565. The molecule has 0 atom stereocenters. The zero-order valence-corrected chi connectivity index (χ0v) is 7.58. The largest absolute Gasteiger partial charge is 0.413 e. The van der Waals surface area contributed by atoms with Crippen molar-refractivity contribution in [1.29, 1.82) is 0 Å². The van der Waals surface area contributed by atoms with Crippen LogP contribution in [0.4, 0.5) is 0 Å². The SMILES string of the molecule is C1COC2(OC1)OCCC1(CC1)O2. The minimum Gasteiger partial charge on any atom is -0.303 e. The molecule has 1 aliphatic carbocycles. The summed E-state index contributed by atoms with van der Waals surface area (Å²) in [6.07, 6.45) is 2.98. The molecule has 13 heavy (non-hydrogen) atoms. The Morgan fingerprint density at radius 1 is 0.769 bits per heavy atom. The minimum absolute atomic E-state index is 0.0234. The molecule has 2 heterocycles. The van der Waals surface area contributed by atoms with Crippen LogP contribution in [0.2, 0.25) is 0 Å². The van der Waals surface area contributed by atoms with E-state index in [0.29, 0.717) is 19.8 Å². The first kappa shape index (κ1) is 8.17. The number of hydrogen-bond acceptors (Lipinski definition) is 4. The molecule has 3 aliphatic rings. The molecule has 0 aromatic rings. The van der Waals surface area contributed by atoms with Crippen LogP contribution in [0.3, 0.4) is 0 Å². The number of ether oxygens (including phenoxy) is 4. The van der Waals surface area contributed by atoms with E-state index in [-0.39, 0.29) is 5.60 Å². The van der Waals surface area contributed by atoms with Crippen molar-refractivity contribution < 1.29 is 18.9 Å². The van der Waals surface area contributed by atoms with Crippen molar-refractivity contribution in [3.8, 4) is 0 Å². The fraction of sp³-hybridized carbons (Fsp3) is 1.00. The molecule has 4 nitrogen and oxygen atoms in total. The van der Waals surface area contributed by atoms with Crippen molar-refractivity contribution in [3.63, 3.8) is 0 Å². The Labute approximate surface area is 77.1 Å². The van der Waals surface area contributed by atoms with Crippen LogP contribution in [-0.2, 0) is 18.9 Å². The van der Waals surface area contributed by atoms with Gasteiger partial charge in [0.15, 0.2) is 0 Å². The third-order valence-corrected chi connectivity index (χ3v) is 2.83. The summed E-state index contributed by atoms with van der Waals surface area (Å²) in [4.78, 5) is 0. The summed E-state index contributed by atoms with van der Waals surface area (Å²) in [5.41, 5.74) is 0.0234. The van der Waals surface area contributed by atoms with Crippen molar-refractivity contribution in [2.45, 2.75) is 37.4 Å². The first-order chi connectivity index (χ1) is 6.33. The predicted molar refractivity (Wildman–Crippen MR) is 42.9 cm³/mol. The summed E-state index contributed by atoms with van der Waals surface area (Å²) in [7, 11) is 0. The Balaban J connectivity index is 1.74. The lowest BCUT2D eigenvalue weighted by Crippen LogP contribution is -2.52. The van der Waals surface area contributed by atoms with Crippen LogP contribution in [0.25, 0.3) is 0 Å². The van der Waals surface area contributed by atoms with E-state index in [4.69, 9.17) is 18.9 Å². The number of hydrogen-bond donors (Lipinski definition) is 0. The van der Waals surface area contributed by atoms with Crippen molar-refractivity contribution >= 4 is 0 Å². The highest BCUT2D eigenvalue weighted by atomic mass is 17.0. The van der Waals surface area contributed by atoms with Crippen LogP contribution in [0, 0.1) is 0 Å². The monoisotopic (exact) mass is 186 g/mol. The molecule has 0 bridgehead atoms. The first-order valence-corrected chi connectivity index (χ1v) is 4.95. The van der Waals surface area contributed by atoms with Gasteiger partial charge in [0.1, 0.15) is 0 Å². The van der Waals surface area contributed by atoms with Crippen LogP contribution >= 0.6 is 0 Å². The minimum atomic E-state index is -1.15. The van der Waals surface area contributed by atoms with Crippen molar-refractivity contribution in [1.82, 2.24) is 0 Å². The molecule has 2 saturated heterocycles. The predicted octanol–water partition coefficient (Wildman–Crippen LogP) is 1.00. The first-order valence-electron chi connectivity index (χ1n) is 4.95. The van der Waals surface area contributed by atoms with E-state index in [9.17, 15) is 0 Å². The average molecular weight is 186 g/mol. The zero-order valence-electron chi connectivity index (χ0n) is 7.58. The molecule has 4 heteroatoms. The Morgan fingerprint density at radius 2 is 1.46 bits per heavy atom. The maximum Gasteiger partial charge on any atom is 0.413 e.